The quantitative estimate of drug-likeness (QED) is 0.847. The fraction of sp³-hybridized carbons (Fsp3) is 0.529. The van der Waals surface area contributed by atoms with Gasteiger partial charge in [0.2, 0.25) is 11.8 Å². The van der Waals surface area contributed by atoms with Crippen LogP contribution >= 0.6 is 11.8 Å². The van der Waals surface area contributed by atoms with Crippen LogP contribution in [0.4, 0.5) is 4.39 Å². The van der Waals surface area contributed by atoms with E-state index in [9.17, 15) is 14.0 Å². The summed E-state index contributed by atoms with van der Waals surface area (Å²) in [5, 5.41) is 0. The van der Waals surface area contributed by atoms with Crippen LogP contribution in [0.3, 0.4) is 0 Å². The summed E-state index contributed by atoms with van der Waals surface area (Å²) in [6, 6.07) is 5.98. The van der Waals surface area contributed by atoms with Gasteiger partial charge in [-0.2, -0.15) is 0 Å². The second-order valence-electron chi connectivity index (χ2n) is 6.40. The Hall–Kier alpha value is -1.56. The average molecular weight is 336 g/mol. The van der Waals surface area contributed by atoms with Gasteiger partial charge >= 0.3 is 0 Å². The van der Waals surface area contributed by atoms with Crippen LogP contribution in [0.15, 0.2) is 24.3 Å². The SMILES string of the molecule is CN(CCc1ccc(F)cc1)C(=O)[C@@H]1CS[C@]2(C)CCC(=O)N12. The van der Waals surface area contributed by atoms with Crippen LogP contribution in [0.5, 0.6) is 0 Å². The van der Waals surface area contributed by atoms with Crippen LogP contribution in [0, 0.1) is 5.82 Å². The molecule has 1 aromatic rings. The maximum atomic E-state index is 12.9. The first-order chi connectivity index (χ1) is 10.9. The molecule has 0 bridgehead atoms. The van der Waals surface area contributed by atoms with Crippen molar-refractivity contribution in [3.8, 4) is 0 Å². The second kappa shape index (κ2) is 6.15. The van der Waals surface area contributed by atoms with E-state index in [1.54, 1.807) is 40.7 Å². The van der Waals surface area contributed by atoms with E-state index in [4.69, 9.17) is 0 Å². The minimum Gasteiger partial charge on any atom is -0.344 e. The molecule has 0 saturated carbocycles. The van der Waals surface area contributed by atoms with Crippen molar-refractivity contribution >= 4 is 23.6 Å². The van der Waals surface area contributed by atoms with Gasteiger partial charge in [0, 0.05) is 25.8 Å². The Bertz CT molecular complexity index is 622. The van der Waals surface area contributed by atoms with E-state index in [0.29, 0.717) is 25.1 Å². The molecule has 2 aliphatic rings. The number of hydrogen-bond donors (Lipinski definition) is 0. The van der Waals surface area contributed by atoms with Crippen LogP contribution in [0.2, 0.25) is 0 Å². The number of rotatable bonds is 4. The molecule has 2 atom stereocenters. The lowest BCUT2D eigenvalue weighted by Gasteiger charge is -2.32. The highest BCUT2D eigenvalue weighted by molar-refractivity contribution is 8.01. The first-order valence-corrected chi connectivity index (χ1v) is 8.85. The zero-order valence-electron chi connectivity index (χ0n) is 13.4. The van der Waals surface area contributed by atoms with Gasteiger partial charge in [0.1, 0.15) is 11.9 Å². The van der Waals surface area contributed by atoms with Gasteiger partial charge in [-0.05, 0) is 37.5 Å². The van der Waals surface area contributed by atoms with Crippen LogP contribution in [0.1, 0.15) is 25.3 Å². The van der Waals surface area contributed by atoms with E-state index >= 15 is 0 Å². The highest BCUT2D eigenvalue weighted by Gasteiger charge is 2.53. The number of thioether (sulfide) groups is 1. The lowest BCUT2D eigenvalue weighted by molar-refractivity contribution is -0.142. The first kappa shape index (κ1) is 16.3. The average Bonchev–Trinajstić information content (AvgIpc) is 3.02. The van der Waals surface area contributed by atoms with Crippen molar-refractivity contribution in [3.63, 3.8) is 0 Å². The molecule has 2 aliphatic heterocycles. The van der Waals surface area contributed by atoms with Crippen LogP contribution in [-0.4, -0.2) is 51.9 Å². The van der Waals surface area contributed by atoms with Crippen molar-refractivity contribution in [3.05, 3.63) is 35.6 Å². The van der Waals surface area contributed by atoms with Gasteiger partial charge in [-0.15, -0.1) is 11.8 Å². The molecule has 0 radical (unpaired) electrons. The predicted molar refractivity (Wildman–Crippen MR) is 88.5 cm³/mol. The third kappa shape index (κ3) is 3.09. The van der Waals surface area contributed by atoms with Gasteiger partial charge < -0.3 is 9.80 Å². The van der Waals surface area contributed by atoms with E-state index in [0.717, 1.165) is 12.0 Å². The van der Waals surface area contributed by atoms with Crippen molar-refractivity contribution < 1.29 is 14.0 Å². The van der Waals surface area contributed by atoms with Crippen molar-refractivity contribution in [2.45, 2.75) is 37.1 Å². The summed E-state index contributed by atoms with van der Waals surface area (Å²) in [6.07, 6.45) is 2.03. The van der Waals surface area contributed by atoms with Gasteiger partial charge in [-0.25, -0.2) is 4.39 Å². The predicted octanol–water partition coefficient (Wildman–Crippen LogP) is 2.28. The minimum atomic E-state index is -0.349. The number of fused-ring (bicyclic) bond motifs is 1. The normalized spacial score (nSPS) is 26.5. The van der Waals surface area contributed by atoms with Crippen molar-refractivity contribution in [2.24, 2.45) is 0 Å². The second-order valence-corrected chi connectivity index (χ2v) is 7.90. The number of carbonyl (C=O) groups excluding carboxylic acids is 2. The highest BCUT2D eigenvalue weighted by Crippen LogP contribution is 2.47. The maximum absolute atomic E-state index is 12.9. The Labute approximate surface area is 140 Å². The van der Waals surface area contributed by atoms with E-state index in [1.165, 1.54) is 12.1 Å². The Kier molecular flexibility index (Phi) is 4.36. The molecule has 23 heavy (non-hydrogen) atoms. The molecule has 0 unspecified atom stereocenters. The molecule has 2 saturated heterocycles. The molecule has 0 spiro atoms. The third-order valence-electron chi connectivity index (χ3n) is 4.76. The van der Waals surface area contributed by atoms with Gasteiger partial charge in [0.15, 0.2) is 0 Å². The Morgan fingerprint density at radius 1 is 1.43 bits per heavy atom. The molecular formula is C17H21FN2O2S. The maximum Gasteiger partial charge on any atom is 0.246 e. The first-order valence-electron chi connectivity index (χ1n) is 7.86. The molecule has 3 rings (SSSR count). The topological polar surface area (TPSA) is 40.6 Å². The summed E-state index contributed by atoms with van der Waals surface area (Å²) in [7, 11) is 1.77. The summed E-state index contributed by atoms with van der Waals surface area (Å²) in [4.78, 5) is 28.1. The molecule has 6 heteroatoms. The van der Waals surface area contributed by atoms with Crippen molar-refractivity contribution in [1.29, 1.82) is 0 Å². The fourth-order valence-electron chi connectivity index (χ4n) is 3.32. The summed E-state index contributed by atoms with van der Waals surface area (Å²) in [6.45, 7) is 2.61. The van der Waals surface area contributed by atoms with Crippen LogP contribution in [0.25, 0.3) is 0 Å². The van der Waals surface area contributed by atoms with E-state index in [-0.39, 0.29) is 28.5 Å². The van der Waals surface area contributed by atoms with Crippen molar-refractivity contribution in [1.82, 2.24) is 9.80 Å². The summed E-state index contributed by atoms with van der Waals surface area (Å²) in [5.74, 6) is 0.497. The van der Waals surface area contributed by atoms with Gasteiger partial charge in [0.25, 0.3) is 0 Å². The van der Waals surface area contributed by atoms with Gasteiger partial charge in [-0.3, -0.25) is 9.59 Å². The molecule has 124 valence electrons. The molecule has 1 aromatic carbocycles. The number of hydrogen-bond acceptors (Lipinski definition) is 3. The summed E-state index contributed by atoms with van der Waals surface area (Å²) in [5.41, 5.74) is 0.994. The number of carbonyl (C=O) groups is 2. The van der Waals surface area contributed by atoms with E-state index in [1.807, 2.05) is 6.92 Å². The van der Waals surface area contributed by atoms with Gasteiger partial charge in [0.05, 0.1) is 4.87 Å². The molecule has 4 nitrogen and oxygen atoms in total. The fourth-order valence-corrected chi connectivity index (χ4v) is 4.74. The lowest BCUT2D eigenvalue weighted by atomic mass is 10.1. The summed E-state index contributed by atoms with van der Waals surface area (Å²) < 4.78 is 12.9. The number of amides is 2. The van der Waals surface area contributed by atoms with E-state index in [2.05, 4.69) is 0 Å². The Morgan fingerprint density at radius 2 is 2.13 bits per heavy atom. The summed E-state index contributed by atoms with van der Waals surface area (Å²) >= 11 is 1.70. The van der Waals surface area contributed by atoms with Crippen molar-refractivity contribution in [2.75, 3.05) is 19.3 Å². The number of halogens is 1. The Balaban J connectivity index is 1.61. The van der Waals surface area contributed by atoms with Crippen LogP contribution < -0.4 is 0 Å². The lowest BCUT2D eigenvalue weighted by Crippen LogP contribution is -2.50. The molecule has 0 aromatic heterocycles. The standard InChI is InChI=1S/C17H21FN2O2S/c1-17-9-7-15(21)20(17)14(11-23-17)16(22)19(2)10-8-12-3-5-13(18)6-4-12/h3-6,14H,7-11H2,1-2H3/t14-,17+/m0/s1. The molecule has 2 amide bonds. The van der Waals surface area contributed by atoms with Crippen LogP contribution in [-0.2, 0) is 16.0 Å². The van der Waals surface area contributed by atoms with E-state index < -0.39 is 0 Å². The molecule has 2 heterocycles. The molecule has 0 N–H and O–H groups in total. The molecular weight excluding hydrogens is 315 g/mol. The molecule has 2 fully saturated rings. The van der Waals surface area contributed by atoms with Gasteiger partial charge in [-0.1, -0.05) is 12.1 Å². The Morgan fingerprint density at radius 3 is 2.83 bits per heavy atom. The smallest absolute Gasteiger partial charge is 0.246 e. The third-order valence-corrected chi connectivity index (χ3v) is 6.26. The number of likely N-dealkylation sites (N-methyl/N-ethyl adjacent to an activating group) is 1. The largest absolute Gasteiger partial charge is 0.344 e. The zero-order valence-corrected chi connectivity index (χ0v) is 14.2. The number of nitrogens with zero attached hydrogens (tertiary/aromatic N) is 2. The number of benzene rings is 1. The minimum absolute atomic E-state index is 0.00131. The highest BCUT2D eigenvalue weighted by atomic mass is 32.2. The zero-order chi connectivity index (χ0) is 16.6. The monoisotopic (exact) mass is 336 g/mol. The molecule has 0 aliphatic carbocycles.